The van der Waals surface area contributed by atoms with Crippen molar-refractivity contribution >= 4 is 23.2 Å². The molecule has 0 radical (unpaired) electrons. The predicted molar refractivity (Wildman–Crippen MR) is 131 cm³/mol. The number of halogens is 1. The molecule has 36 heavy (non-hydrogen) atoms. The Morgan fingerprint density at radius 1 is 1.03 bits per heavy atom. The van der Waals surface area contributed by atoms with Crippen LogP contribution in [-0.2, 0) is 9.59 Å². The summed E-state index contributed by atoms with van der Waals surface area (Å²) in [5.41, 5.74) is 3.00. The monoisotopic (exact) mass is 486 g/mol. The van der Waals surface area contributed by atoms with E-state index in [0.29, 0.717) is 28.8 Å². The fraction of sp³-hybridized carbons (Fsp3) is 0.192. The zero-order chi connectivity index (χ0) is 25.2. The molecule has 10 heteroatoms. The summed E-state index contributed by atoms with van der Waals surface area (Å²) in [6.07, 6.45) is 0.0939. The number of hydrogen-bond acceptors (Lipinski definition) is 6. The first kappa shape index (κ1) is 23.2. The average Bonchev–Trinajstić information content (AvgIpc) is 3.42. The number of anilines is 2. The third-order valence-electron chi connectivity index (χ3n) is 5.83. The van der Waals surface area contributed by atoms with Crippen molar-refractivity contribution in [3.63, 3.8) is 0 Å². The van der Waals surface area contributed by atoms with E-state index in [0.717, 1.165) is 11.4 Å². The molecule has 1 atom stereocenters. The van der Waals surface area contributed by atoms with Crippen LogP contribution in [-0.4, -0.2) is 38.3 Å². The van der Waals surface area contributed by atoms with Gasteiger partial charge in [0.2, 0.25) is 17.7 Å². The van der Waals surface area contributed by atoms with Crippen molar-refractivity contribution in [2.24, 2.45) is 5.92 Å². The normalized spacial score (nSPS) is 15.2. The lowest BCUT2D eigenvalue weighted by molar-refractivity contribution is -0.122. The van der Waals surface area contributed by atoms with Gasteiger partial charge in [-0.15, -0.1) is 10.2 Å². The van der Waals surface area contributed by atoms with Gasteiger partial charge in [-0.2, -0.15) is 5.10 Å². The summed E-state index contributed by atoms with van der Waals surface area (Å²) in [6.45, 7) is 4.10. The topological polar surface area (TPSA) is 102 Å². The summed E-state index contributed by atoms with van der Waals surface area (Å²) < 4.78 is 20.6. The maximum Gasteiger partial charge on any atom is 0.238 e. The quantitative estimate of drug-likeness (QED) is 0.438. The molecule has 2 aromatic carbocycles. The van der Waals surface area contributed by atoms with Crippen molar-refractivity contribution in [3.8, 4) is 17.4 Å². The van der Waals surface area contributed by atoms with Gasteiger partial charge >= 0.3 is 0 Å². The average molecular weight is 487 g/mol. The Bertz CT molecular complexity index is 1400. The van der Waals surface area contributed by atoms with Crippen LogP contribution in [0.15, 0.2) is 66.7 Å². The van der Waals surface area contributed by atoms with Crippen LogP contribution in [0.25, 0.3) is 5.82 Å². The first-order valence-electron chi connectivity index (χ1n) is 11.4. The third-order valence-corrected chi connectivity index (χ3v) is 5.83. The van der Waals surface area contributed by atoms with Crippen LogP contribution in [0.4, 0.5) is 15.8 Å². The molecular formula is C26H23FN6O3. The van der Waals surface area contributed by atoms with Crippen LogP contribution >= 0.6 is 0 Å². The number of nitrogens with zero attached hydrogens (tertiary/aromatic N) is 5. The molecule has 1 saturated heterocycles. The second-order valence-corrected chi connectivity index (χ2v) is 8.57. The standard InChI is InChI=1S/C26H23FN6O3/c1-16-13-17(2)33(31-16)23-11-12-24(30-29-23)36-22-9-5-20(6-10-22)28-26(35)18-14-25(34)32(15-18)21-7-3-19(27)4-8-21/h3-13,18H,14-15H2,1-2H3,(H,28,35). The summed E-state index contributed by atoms with van der Waals surface area (Å²) in [6, 6.07) is 17.9. The molecule has 1 N–H and O–H groups in total. The Morgan fingerprint density at radius 3 is 2.42 bits per heavy atom. The fourth-order valence-corrected chi connectivity index (χ4v) is 4.07. The predicted octanol–water partition coefficient (Wildman–Crippen LogP) is 4.20. The molecule has 5 rings (SSSR count). The molecule has 1 unspecified atom stereocenters. The van der Waals surface area contributed by atoms with Gasteiger partial charge in [-0.1, -0.05) is 0 Å². The van der Waals surface area contributed by atoms with Crippen molar-refractivity contribution in [1.82, 2.24) is 20.0 Å². The van der Waals surface area contributed by atoms with E-state index in [1.807, 2.05) is 19.9 Å². The molecule has 2 aromatic heterocycles. The minimum atomic E-state index is -0.505. The van der Waals surface area contributed by atoms with E-state index in [9.17, 15) is 14.0 Å². The lowest BCUT2D eigenvalue weighted by Gasteiger charge is -2.16. The lowest BCUT2D eigenvalue weighted by Crippen LogP contribution is -2.28. The molecule has 0 aliphatic carbocycles. The van der Waals surface area contributed by atoms with Gasteiger partial charge in [0.25, 0.3) is 0 Å². The van der Waals surface area contributed by atoms with E-state index < -0.39 is 5.92 Å². The van der Waals surface area contributed by atoms with Gasteiger partial charge in [0.15, 0.2) is 5.82 Å². The number of carbonyl (C=O) groups excluding carboxylic acids is 2. The minimum Gasteiger partial charge on any atom is -0.438 e. The van der Waals surface area contributed by atoms with Crippen LogP contribution in [0.2, 0.25) is 0 Å². The molecule has 1 aliphatic rings. The molecule has 0 saturated carbocycles. The highest BCUT2D eigenvalue weighted by Gasteiger charge is 2.35. The number of aryl methyl sites for hydroxylation is 2. The number of rotatable bonds is 6. The van der Waals surface area contributed by atoms with Crippen molar-refractivity contribution in [1.29, 1.82) is 0 Å². The Kier molecular flexibility index (Phi) is 6.16. The van der Waals surface area contributed by atoms with Gasteiger partial charge in [-0.3, -0.25) is 9.59 Å². The first-order valence-corrected chi connectivity index (χ1v) is 11.4. The van der Waals surface area contributed by atoms with Crippen molar-refractivity contribution in [2.75, 3.05) is 16.8 Å². The van der Waals surface area contributed by atoms with E-state index in [4.69, 9.17) is 4.74 Å². The van der Waals surface area contributed by atoms with Crippen LogP contribution in [0, 0.1) is 25.6 Å². The molecular weight excluding hydrogens is 463 g/mol. The zero-order valence-electron chi connectivity index (χ0n) is 19.7. The number of hydrogen-bond donors (Lipinski definition) is 1. The summed E-state index contributed by atoms with van der Waals surface area (Å²) in [5.74, 6) is 0.129. The Labute approximate surface area is 206 Å². The number of aromatic nitrogens is 4. The molecule has 3 heterocycles. The number of nitrogens with one attached hydrogen (secondary N) is 1. The third kappa shape index (κ3) is 4.92. The Hall–Kier alpha value is -4.60. The lowest BCUT2D eigenvalue weighted by atomic mass is 10.1. The number of amides is 2. The first-order chi connectivity index (χ1) is 17.4. The van der Waals surface area contributed by atoms with E-state index in [2.05, 4.69) is 20.6 Å². The summed E-state index contributed by atoms with van der Waals surface area (Å²) >= 11 is 0. The van der Waals surface area contributed by atoms with Crippen molar-refractivity contribution < 1.29 is 18.7 Å². The zero-order valence-corrected chi connectivity index (χ0v) is 19.7. The van der Waals surface area contributed by atoms with E-state index in [-0.39, 0.29) is 30.6 Å². The molecule has 182 valence electrons. The maximum absolute atomic E-state index is 13.2. The second-order valence-electron chi connectivity index (χ2n) is 8.57. The number of carbonyl (C=O) groups is 2. The van der Waals surface area contributed by atoms with Crippen LogP contribution in [0.5, 0.6) is 11.6 Å². The molecule has 9 nitrogen and oxygen atoms in total. The van der Waals surface area contributed by atoms with Crippen LogP contribution in [0.1, 0.15) is 17.8 Å². The number of benzene rings is 2. The summed E-state index contributed by atoms with van der Waals surface area (Å²) in [7, 11) is 0. The smallest absolute Gasteiger partial charge is 0.238 e. The highest BCUT2D eigenvalue weighted by molar-refractivity contribution is 6.03. The highest BCUT2D eigenvalue weighted by atomic mass is 19.1. The fourth-order valence-electron chi connectivity index (χ4n) is 4.07. The maximum atomic E-state index is 13.2. The summed E-state index contributed by atoms with van der Waals surface area (Å²) in [5, 5.41) is 15.5. The number of ether oxygens (including phenoxy) is 1. The van der Waals surface area contributed by atoms with Gasteiger partial charge in [0.1, 0.15) is 11.6 Å². The van der Waals surface area contributed by atoms with Gasteiger partial charge in [0, 0.05) is 36.1 Å². The van der Waals surface area contributed by atoms with Gasteiger partial charge < -0.3 is 15.0 Å². The minimum absolute atomic E-state index is 0.0939. The molecule has 4 aromatic rings. The second kappa shape index (κ2) is 9.57. The summed E-state index contributed by atoms with van der Waals surface area (Å²) in [4.78, 5) is 26.6. The Balaban J connectivity index is 1.18. The van der Waals surface area contributed by atoms with Crippen LogP contribution in [0.3, 0.4) is 0 Å². The van der Waals surface area contributed by atoms with E-state index >= 15 is 0 Å². The molecule has 1 fully saturated rings. The Morgan fingerprint density at radius 2 is 1.78 bits per heavy atom. The van der Waals surface area contributed by atoms with Crippen molar-refractivity contribution in [2.45, 2.75) is 20.3 Å². The van der Waals surface area contributed by atoms with Gasteiger partial charge in [-0.25, -0.2) is 9.07 Å². The highest BCUT2D eigenvalue weighted by Crippen LogP contribution is 2.27. The molecule has 2 amide bonds. The molecule has 0 bridgehead atoms. The van der Waals surface area contributed by atoms with E-state index in [1.165, 1.54) is 29.2 Å². The van der Waals surface area contributed by atoms with E-state index in [1.54, 1.807) is 41.1 Å². The largest absolute Gasteiger partial charge is 0.438 e. The molecule has 0 spiro atoms. The van der Waals surface area contributed by atoms with Gasteiger partial charge in [0.05, 0.1) is 11.6 Å². The van der Waals surface area contributed by atoms with Crippen LogP contribution < -0.4 is 15.0 Å². The van der Waals surface area contributed by atoms with Gasteiger partial charge in [-0.05, 0) is 74.5 Å². The SMILES string of the molecule is Cc1cc(C)n(-c2ccc(Oc3ccc(NC(=O)C4CC(=O)N(c5ccc(F)cc5)C4)cc3)nn2)n1. The van der Waals surface area contributed by atoms with Crippen molar-refractivity contribution in [3.05, 3.63) is 83.9 Å². The molecule has 1 aliphatic heterocycles.